The largest absolute Gasteiger partial charge is 0.414 e. The van der Waals surface area contributed by atoms with Crippen molar-refractivity contribution in [1.29, 1.82) is 0 Å². The van der Waals surface area contributed by atoms with Crippen molar-refractivity contribution in [3.05, 3.63) is 21.9 Å². The van der Waals surface area contributed by atoms with Crippen molar-refractivity contribution in [2.24, 2.45) is 5.73 Å². The lowest BCUT2D eigenvalue weighted by Crippen LogP contribution is -2.32. The average Bonchev–Trinajstić information content (AvgIpc) is 2.59. The van der Waals surface area contributed by atoms with Gasteiger partial charge in [-0.3, -0.25) is 0 Å². The first kappa shape index (κ1) is 13.5. The molecule has 1 heterocycles. The van der Waals surface area contributed by atoms with Crippen LogP contribution in [0.15, 0.2) is 11.4 Å². The van der Waals surface area contributed by atoms with E-state index in [-0.39, 0.29) is 6.54 Å². The molecule has 2 nitrogen and oxygen atoms in total. The number of ether oxygens (including phenoxy) is 1. The van der Waals surface area contributed by atoms with Gasteiger partial charge < -0.3 is 10.5 Å². The van der Waals surface area contributed by atoms with Crippen molar-refractivity contribution in [1.82, 2.24) is 0 Å². The van der Waals surface area contributed by atoms with Gasteiger partial charge in [-0.2, -0.15) is 13.2 Å². The first-order valence-corrected chi connectivity index (χ1v) is 5.70. The fourth-order valence-electron chi connectivity index (χ4n) is 1.26. The third-order valence-corrected chi connectivity index (χ3v) is 3.35. The van der Waals surface area contributed by atoms with Gasteiger partial charge in [-0.25, -0.2) is 0 Å². The maximum Gasteiger partial charge on any atom is 0.414 e. The van der Waals surface area contributed by atoms with E-state index >= 15 is 0 Å². The number of halogens is 3. The summed E-state index contributed by atoms with van der Waals surface area (Å²) in [5.74, 6) is 0. The van der Waals surface area contributed by atoms with Crippen molar-refractivity contribution in [3.8, 4) is 0 Å². The summed E-state index contributed by atoms with van der Waals surface area (Å²) < 4.78 is 41.9. The number of thiophene rings is 1. The highest BCUT2D eigenvalue weighted by Gasteiger charge is 2.38. The van der Waals surface area contributed by atoms with Gasteiger partial charge >= 0.3 is 6.18 Å². The molecule has 0 bridgehead atoms. The van der Waals surface area contributed by atoms with Gasteiger partial charge in [-0.1, -0.05) is 0 Å². The van der Waals surface area contributed by atoms with Crippen LogP contribution >= 0.6 is 11.3 Å². The van der Waals surface area contributed by atoms with Crippen LogP contribution in [-0.2, 0) is 4.74 Å². The molecular weight excluding hydrogens is 239 g/mol. The van der Waals surface area contributed by atoms with Crippen LogP contribution in [-0.4, -0.2) is 18.8 Å². The number of aryl methyl sites for hydroxylation is 1. The SMILES string of the molecule is Cc1ccsc1C(CN)OC(C)C(F)(F)F. The van der Waals surface area contributed by atoms with E-state index in [1.54, 1.807) is 0 Å². The third kappa shape index (κ3) is 3.20. The highest BCUT2D eigenvalue weighted by Crippen LogP contribution is 2.31. The topological polar surface area (TPSA) is 35.2 Å². The van der Waals surface area contributed by atoms with E-state index < -0.39 is 18.4 Å². The van der Waals surface area contributed by atoms with E-state index in [2.05, 4.69) is 0 Å². The fraction of sp³-hybridized carbons (Fsp3) is 0.600. The number of nitrogens with two attached hydrogens (primary N) is 1. The maximum absolute atomic E-state index is 12.3. The maximum atomic E-state index is 12.3. The van der Waals surface area contributed by atoms with Crippen LogP contribution in [0.25, 0.3) is 0 Å². The zero-order valence-electron chi connectivity index (χ0n) is 9.04. The van der Waals surface area contributed by atoms with Crippen LogP contribution in [0.3, 0.4) is 0 Å². The molecule has 1 rings (SSSR count). The molecule has 2 atom stereocenters. The van der Waals surface area contributed by atoms with Gasteiger partial charge in [-0.05, 0) is 30.9 Å². The summed E-state index contributed by atoms with van der Waals surface area (Å²) in [6, 6.07) is 1.84. The summed E-state index contributed by atoms with van der Waals surface area (Å²) in [6.07, 6.45) is -6.84. The summed E-state index contributed by atoms with van der Waals surface area (Å²) in [5, 5.41) is 1.81. The summed E-state index contributed by atoms with van der Waals surface area (Å²) in [5.41, 5.74) is 6.35. The summed E-state index contributed by atoms with van der Waals surface area (Å²) in [4.78, 5) is 0.763. The summed E-state index contributed by atoms with van der Waals surface area (Å²) in [6.45, 7) is 2.86. The minimum Gasteiger partial charge on any atom is -0.359 e. The zero-order chi connectivity index (χ0) is 12.3. The normalized spacial score (nSPS) is 16.1. The second kappa shape index (κ2) is 5.16. The van der Waals surface area contributed by atoms with E-state index in [1.807, 2.05) is 18.4 Å². The molecule has 0 saturated carbocycles. The van der Waals surface area contributed by atoms with E-state index in [1.165, 1.54) is 11.3 Å². The van der Waals surface area contributed by atoms with Gasteiger partial charge in [0.1, 0.15) is 6.10 Å². The highest BCUT2D eigenvalue weighted by molar-refractivity contribution is 7.10. The van der Waals surface area contributed by atoms with Gasteiger partial charge in [0.15, 0.2) is 6.10 Å². The average molecular weight is 253 g/mol. The second-order valence-corrected chi connectivity index (χ2v) is 4.46. The summed E-state index contributed by atoms with van der Waals surface area (Å²) in [7, 11) is 0. The van der Waals surface area contributed by atoms with E-state index in [4.69, 9.17) is 10.5 Å². The lowest BCUT2D eigenvalue weighted by Gasteiger charge is -2.22. The number of alkyl halides is 3. The third-order valence-electron chi connectivity index (χ3n) is 2.24. The Labute approximate surface area is 96.2 Å². The van der Waals surface area contributed by atoms with Crippen LogP contribution < -0.4 is 5.73 Å². The first-order chi connectivity index (χ1) is 7.36. The lowest BCUT2D eigenvalue weighted by atomic mass is 10.2. The predicted molar refractivity (Wildman–Crippen MR) is 57.5 cm³/mol. The molecule has 1 aromatic rings. The Morgan fingerprint density at radius 3 is 2.50 bits per heavy atom. The first-order valence-electron chi connectivity index (χ1n) is 4.82. The molecule has 6 heteroatoms. The molecule has 0 saturated heterocycles. The molecule has 0 amide bonds. The van der Waals surface area contributed by atoms with Crippen LogP contribution in [0.4, 0.5) is 13.2 Å². The van der Waals surface area contributed by atoms with E-state index in [0.29, 0.717) is 0 Å². The monoisotopic (exact) mass is 253 g/mol. The Balaban J connectivity index is 2.74. The molecule has 92 valence electrons. The Kier molecular flexibility index (Phi) is 4.35. The highest BCUT2D eigenvalue weighted by atomic mass is 32.1. The Hall–Kier alpha value is -0.590. The Bertz CT molecular complexity index is 337. The standard InChI is InChI=1S/C10H14F3NOS/c1-6-3-4-16-9(6)8(5-14)15-7(2)10(11,12)13/h3-4,7-8H,5,14H2,1-2H3. The molecule has 0 radical (unpaired) electrons. The molecule has 16 heavy (non-hydrogen) atoms. The number of hydrogen-bond acceptors (Lipinski definition) is 3. The quantitative estimate of drug-likeness (QED) is 0.895. The molecular formula is C10H14F3NOS. The van der Waals surface area contributed by atoms with Gasteiger partial charge in [-0.15, -0.1) is 11.3 Å². The van der Waals surface area contributed by atoms with Gasteiger partial charge in [0.25, 0.3) is 0 Å². The molecule has 0 aliphatic rings. The predicted octanol–water partition coefficient (Wildman–Crippen LogP) is 3.02. The minimum absolute atomic E-state index is 0.0434. The molecule has 0 aromatic carbocycles. The lowest BCUT2D eigenvalue weighted by molar-refractivity contribution is -0.226. The van der Waals surface area contributed by atoms with E-state index in [0.717, 1.165) is 17.4 Å². The van der Waals surface area contributed by atoms with Crippen LogP contribution in [0.1, 0.15) is 23.5 Å². The molecule has 0 spiro atoms. The molecule has 1 aromatic heterocycles. The Morgan fingerprint density at radius 1 is 1.50 bits per heavy atom. The fourth-order valence-corrected chi connectivity index (χ4v) is 2.24. The molecule has 0 fully saturated rings. The van der Waals surface area contributed by atoms with Crippen molar-refractivity contribution in [3.63, 3.8) is 0 Å². The van der Waals surface area contributed by atoms with E-state index in [9.17, 15) is 13.2 Å². The minimum atomic E-state index is -4.35. The zero-order valence-corrected chi connectivity index (χ0v) is 9.86. The van der Waals surface area contributed by atoms with Gasteiger partial charge in [0.05, 0.1) is 0 Å². The molecule has 0 aliphatic carbocycles. The summed E-state index contributed by atoms with van der Waals surface area (Å²) >= 11 is 1.36. The van der Waals surface area contributed by atoms with Crippen molar-refractivity contribution in [2.45, 2.75) is 32.2 Å². The number of rotatable bonds is 4. The second-order valence-electron chi connectivity index (χ2n) is 3.51. The number of hydrogen-bond donors (Lipinski definition) is 1. The van der Waals surface area contributed by atoms with Gasteiger partial charge in [0.2, 0.25) is 0 Å². The van der Waals surface area contributed by atoms with Crippen molar-refractivity contribution >= 4 is 11.3 Å². The van der Waals surface area contributed by atoms with Crippen molar-refractivity contribution in [2.75, 3.05) is 6.54 Å². The van der Waals surface area contributed by atoms with Crippen LogP contribution in [0.2, 0.25) is 0 Å². The Morgan fingerprint density at radius 2 is 2.12 bits per heavy atom. The van der Waals surface area contributed by atoms with Crippen molar-refractivity contribution < 1.29 is 17.9 Å². The smallest absolute Gasteiger partial charge is 0.359 e. The molecule has 2 unspecified atom stereocenters. The van der Waals surface area contributed by atoms with Gasteiger partial charge in [0, 0.05) is 11.4 Å². The molecule has 2 N–H and O–H groups in total. The van der Waals surface area contributed by atoms with Crippen LogP contribution in [0.5, 0.6) is 0 Å². The molecule has 0 aliphatic heterocycles. The van der Waals surface area contributed by atoms with Crippen LogP contribution in [0, 0.1) is 6.92 Å².